The van der Waals surface area contributed by atoms with Crippen LogP contribution >= 0.6 is 15.9 Å². The third-order valence-corrected chi connectivity index (χ3v) is 7.15. The van der Waals surface area contributed by atoms with Crippen LogP contribution in [0.2, 0.25) is 0 Å². The number of nitrogen functional groups attached to an aromatic ring is 2. The van der Waals surface area contributed by atoms with Gasteiger partial charge in [-0.1, -0.05) is 107 Å². The van der Waals surface area contributed by atoms with Gasteiger partial charge in [-0.05, 0) is 56.6 Å². The zero-order valence-electron chi connectivity index (χ0n) is 17.8. The molecule has 0 radical (unpaired) electrons. The summed E-state index contributed by atoms with van der Waals surface area (Å²) < 4.78 is 0.986. The minimum absolute atomic E-state index is 0.585. The molecule has 4 N–H and O–H groups in total. The second-order valence-corrected chi connectivity index (χ2v) is 9.14. The van der Waals surface area contributed by atoms with Crippen LogP contribution in [0.3, 0.4) is 0 Å². The van der Waals surface area contributed by atoms with Gasteiger partial charge in [-0.15, -0.1) is 0 Å². The molecule has 0 saturated heterocycles. The van der Waals surface area contributed by atoms with Gasteiger partial charge in [-0.25, -0.2) is 0 Å². The summed E-state index contributed by atoms with van der Waals surface area (Å²) in [6, 6.07) is 36.1. The Hall–Kier alpha value is -3.82. The SMILES string of the molecule is Nc1cccc(-c2c(Br)ccc3c2-c2ccccc2-c2ccccc2-c2ccccc2-3)c1N. The van der Waals surface area contributed by atoms with Crippen LogP contribution < -0.4 is 11.5 Å². The Morgan fingerprint density at radius 3 is 1.42 bits per heavy atom. The van der Waals surface area contributed by atoms with Crippen molar-refractivity contribution in [2.75, 3.05) is 11.5 Å². The number of halogens is 1. The number of benzene rings is 5. The van der Waals surface area contributed by atoms with Gasteiger partial charge in [0.1, 0.15) is 0 Å². The van der Waals surface area contributed by atoms with Crippen molar-refractivity contribution in [1.29, 1.82) is 0 Å². The van der Waals surface area contributed by atoms with Gasteiger partial charge in [0.25, 0.3) is 0 Å². The number of nitrogens with two attached hydrogens (primary N) is 2. The van der Waals surface area contributed by atoms with Crippen LogP contribution in [0.1, 0.15) is 0 Å². The molecule has 0 unspecified atom stereocenters. The first-order valence-electron chi connectivity index (χ1n) is 10.9. The minimum Gasteiger partial charge on any atom is -0.397 e. The Balaban J connectivity index is 1.84. The molecule has 1 aliphatic rings. The molecule has 0 aliphatic heterocycles. The second-order valence-electron chi connectivity index (χ2n) is 8.29. The van der Waals surface area contributed by atoms with E-state index in [-0.39, 0.29) is 0 Å². The van der Waals surface area contributed by atoms with E-state index in [2.05, 4.69) is 101 Å². The zero-order chi connectivity index (χ0) is 22.5. The fourth-order valence-electron chi connectivity index (χ4n) is 4.99. The molecule has 5 aromatic carbocycles. The number of hydrogen-bond acceptors (Lipinski definition) is 2. The number of rotatable bonds is 1. The monoisotopic (exact) mass is 488 g/mol. The number of anilines is 2. The van der Waals surface area contributed by atoms with E-state index in [4.69, 9.17) is 11.5 Å². The van der Waals surface area contributed by atoms with Crippen LogP contribution in [0.25, 0.3) is 55.6 Å². The molecule has 0 atom stereocenters. The summed E-state index contributed by atoms with van der Waals surface area (Å²) >= 11 is 3.84. The van der Waals surface area contributed by atoms with E-state index in [0.29, 0.717) is 11.4 Å². The Morgan fingerprint density at radius 1 is 0.394 bits per heavy atom. The van der Waals surface area contributed by atoms with Crippen molar-refractivity contribution in [3.63, 3.8) is 0 Å². The molecule has 33 heavy (non-hydrogen) atoms. The lowest BCUT2D eigenvalue weighted by Crippen LogP contribution is -2.02. The molecular formula is C30H21BrN2. The van der Waals surface area contributed by atoms with Gasteiger partial charge in [0.05, 0.1) is 11.4 Å². The quantitative estimate of drug-likeness (QED) is 0.229. The average Bonchev–Trinajstić information content (AvgIpc) is 2.85. The summed E-state index contributed by atoms with van der Waals surface area (Å²) in [4.78, 5) is 0. The van der Waals surface area contributed by atoms with Crippen LogP contribution in [-0.4, -0.2) is 0 Å². The van der Waals surface area contributed by atoms with Crippen molar-refractivity contribution in [3.8, 4) is 55.6 Å². The van der Waals surface area contributed by atoms with Crippen molar-refractivity contribution in [3.05, 3.63) is 108 Å². The first-order chi connectivity index (χ1) is 16.1. The third kappa shape index (κ3) is 3.00. The van der Waals surface area contributed by atoms with Crippen molar-refractivity contribution in [2.24, 2.45) is 0 Å². The lowest BCUT2D eigenvalue weighted by Gasteiger charge is -2.26. The van der Waals surface area contributed by atoms with Gasteiger partial charge < -0.3 is 11.5 Å². The smallest absolute Gasteiger partial charge is 0.0628 e. The predicted octanol–water partition coefficient (Wildman–Crippen LogP) is 8.26. The Bertz CT molecular complexity index is 1550. The fraction of sp³-hybridized carbons (Fsp3) is 0. The summed E-state index contributed by atoms with van der Waals surface area (Å²) in [7, 11) is 0. The highest BCUT2D eigenvalue weighted by Gasteiger charge is 2.25. The summed E-state index contributed by atoms with van der Waals surface area (Å²) in [5.74, 6) is 0. The summed E-state index contributed by atoms with van der Waals surface area (Å²) in [5, 5.41) is 0. The molecule has 5 aromatic rings. The van der Waals surface area contributed by atoms with Crippen LogP contribution in [0.15, 0.2) is 108 Å². The lowest BCUT2D eigenvalue weighted by atomic mass is 9.78. The topological polar surface area (TPSA) is 52.0 Å². The molecule has 0 fully saturated rings. The number of para-hydroxylation sites is 1. The van der Waals surface area contributed by atoms with E-state index in [1.54, 1.807) is 0 Å². The standard InChI is InChI=1S/C30H21BrN2/c31-26-17-16-24-22-12-4-3-10-20(22)18-8-1-2-9-19(18)21-11-5-6-13-23(21)28(24)29(26)25-14-7-15-27(32)30(25)33/h1-17H,32-33H2. The first-order valence-corrected chi connectivity index (χ1v) is 11.7. The highest BCUT2D eigenvalue weighted by Crippen LogP contribution is 2.52. The Morgan fingerprint density at radius 2 is 0.848 bits per heavy atom. The molecule has 0 bridgehead atoms. The first kappa shape index (κ1) is 19.8. The molecule has 6 rings (SSSR count). The van der Waals surface area contributed by atoms with E-state index in [1.165, 1.54) is 38.9 Å². The van der Waals surface area contributed by atoms with Crippen LogP contribution in [0, 0.1) is 0 Å². The van der Waals surface area contributed by atoms with Crippen LogP contribution in [-0.2, 0) is 0 Å². The Labute approximate surface area is 201 Å². The maximum atomic E-state index is 6.53. The maximum Gasteiger partial charge on any atom is 0.0628 e. The van der Waals surface area contributed by atoms with Crippen molar-refractivity contribution in [1.82, 2.24) is 0 Å². The van der Waals surface area contributed by atoms with E-state index >= 15 is 0 Å². The minimum atomic E-state index is 0.585. The largest absolute Gasteiger partial charge is 0.397 e. The summed E-state index contributed by atoms with van der Waals surface area (Å²) in [5.41, 5.74) is 25.5. The molecule has 158 valence electrons. The van der Waals surface area contributed by atoms with Gasteiger partial charge in [0.15, 0.2) is 0 Å². The predicted molar refractivity (Wildman–Crippen MR) is 144 cm³/mol. The van der Waals surface area contributed by atoms with E-state index in [9.17, 15) is 0 Å². The van der Waals surface area contributed by atoms with Gasteiger partial charge in [0.2, 0.25) is 0 Å². The molecule has 0 amide bonds. The highest BCUT2D eigenvalue weighted by molar-refractivity contribution is 9.10. The summed E-state index contributed by atoms with van der Waals surface area (Å²) in [6.07, 6.45) is 0. The second kappa shape index (κ2) is 7.65. The van der Waals surface area contributed by atoms with Gasteiger partial charge in [-0.2, -0.15) is 0 Å². The van der Waals surface area contributed by atoms with Crippen molar-refractivity contribution >= 4 is 27.3 Å². The van der Waals surface area contributed by atoms with E-state index in [0.717, 1.165) is 21.2 Å². The van der Waals surface area contributed by atoms with Crippen molar-refractivity contribution in [2.45, 2.75) is 0 Å². The molecule has 0 aromatic heterocycles. The van der Waals surface area contributed by atoms with Crippen molar-refractivity contribution < 1.29 is 0 Å². The van der Waals surface area contributed by atoms with Gasteiger partial charge >= 0.3 is 0 Å². The normalized spacial score (nSPS) is 11.4. The Kier molecular flexibility index (Phi) is 4.60. The molecular weight excluding hydrogens is 468 g/mol. The number of hydrogen-bond donors (Lipinski definition) is 2. The highest BCUT2D eigenvalue weighted by atomic mass is 79.9. The maximum absolute atomic E-state index is 6.53. The number of fused-ring (bicyclic) bond motifs is 8. The lowest BCUT2D eigenvalue weighted by molar-refractivity contribution is 1.50. The van der Waals surface area contributed by atoms with Gasteiger partial charge in [0, 0.05) is 15.6 Å². The third-order valence-electron chi connectivity index (χ3n) is 6.48. The molecule has 1 aliphatic carbocycles. The molecule has 2 nitrogen and oxygen atoms in total. The van der Waals surface area contributed by atoms with Gasteiger partial charge in [-0.3, -0.25) is 0 Å². The zero-order valence-corrected chi connectivity index (χ0v) is 19.4. The van der Waals surface area contributed by atoms with E-state index in [1.807, 2.05) is 18.2 Å². The fourth-order valence-corrected chi connectivity index (χ4v) is 5.53. The molecule has 0 spiro atoms. The average molecular weight is 489 g/mol. The van der Waals surface area contributed by atoms with Crippen LogP contribution in [0.5, 0.6) is 0 Å². The van der Waals surface area contributed by atoms with Crippen LogP contribution in [0.4, 0.5) is 11.4 Å². The summed E-state index contributed by atoms with van der Waals surface area (Å²) in [6.45, 7) is 0. The molecule has 0 heterocycles. The molecule has 3 heteroatoms. The molecule has 0 saturated carbocycles. The van der Waals surface area contributed by atoms with E-state index < -0.39 is 0 Å².